The predicted octanol–water partition coefficient (Wildman–Crippen LogP) is 2.54. The summed E-state index contributed by atoms with van der Waals surface area (Å²) in [6.45, 7) is 0.880. The zero-order valence-corrected chi connectivity index (χ0v) is 11.1. The number of halogens is 1. The van der Waals surface area contributed by atoms with E-state index in [-0.39, 0.29) is 12.5 Å². The van der Waals surface area contributed by atoms with Gasteiger partial charge in [0.25, 0.3) is 5.91 Å². The van der Waals surface area contributed by atoms with Crippen LogP contribution in [0.15, 0.2) is 12.1 Å². The van der Waals surface area contributed by atoms with Crippen LogP contribution in [0.3, 0.4) is 0 Å². The van der Waals surface area contributed by atoms with E-state index in [2.05, 4.69) is 5.32 Å². The summed E-state index contributed by atoms with van der Waals surface area (Å²) in [4.78, 5) is 12.4. The average Bonchev–Trinajstić information content (AvgIpc) is 2.94. The van der Waals surface area contributed by atoms with Crippen LogP contribution in [0.4, 0.5) is 0 Å². The Hall–Kier alpha value is -0.580. The number of nitrogens with one attached hydrogen (secondary N) is 1. The molecule has 1 fully saturated rings. The summed E-state index contributed by atoms with van der Waals surface area (Å²) in [5.41, 5.74) is 0. The van der Waals surface area contributed by atoms with Crippen molar-refractivity contribution in [2.24, 2.45) is 11.8 Å². The molecule has 94 valence electrons. The van der Waals surface area contributed by atoms with E-state index in [0.717, 1.165) is 19.3 Å². The molecule has 2 N–H and O–H groups in total. The van der Waals surface area contributed by atoms with Crippen LogP contribution in [0.2, 0.25) is 4.34 Å². The number of aliphatic hydroxyl groups is 1. The molecule has 0 radical (unpaired) electrons. The molecule has 5 heteroatoms. The first-order valence-corrected chi connectivity index (χ1v) is 7.04. The number of hydrogen-bond donors (Lipinski definition) is 2. The standard InChI is InChI=1S/C12H16ClNO2S/c13-11-5-4-10(17-11)12(16)14-6-8-2-1-3-9(8)7-15/h4-5,8-9,15H,1-3,6-7H2,(H,14,16). The van der Waals surface area contributed by atoms with E-state index in [1.807, 2.05) is 0 Å². The van der Waals surface area contributed by atoms with Gasteiger partial charge in [-0.3, -0.25) is 4.79 Å². The van der Waals surface area contributed by atoms with Gasteiger partial charge in [-0.2, -0.15) is 0 Å². The second-order valence-corrected chi connectivity index (χ2v) is 6.16. The van der Waals surface area contributed by atoms with Crippen molar-refractivity contribution in [2.75, 3.05) is 13.2 Å². The normalized spacial score (nSPS) is 23.9. The first-order valence-electron chi connectivity index (χ1n) is 5.85. The molecule has 2 unspecified atom stereocenters. The molecule has 2 rings (SSSR count). The van der Waals surface area contributed by atoms with Gasteiger partial charge in [-0.05, 0) is 36.8 Å². The van der Waals surface area contributed by atoms with E-state index in [4.69, 9.17) is 11.6 Å². The molecule has 1 aliphatic carbocycles. The van der Waals surface area contributed by atoms with E-state index in [1.54, 1.807) is 12.1 Å². The average molecular weight is 274 g/mol. The third kappa shape index (κ3) is 3.21. The fourth-order valence-electron chi connectivity index (χ4n) is 2.37. The molecule has 0 saturated heterocycles. The molecule has 1 saturated carbocycles. The smallest absolute Gasteiger partial charge is 0.261 e. The second-order valence-electron chi connectivity index (χ2n) is 4.45. The monoisotopic (exact) mass is 273 g/mol. The molecule has 1 aromatic rings. The van der Waals surface area contributed by atoms with Crippen LogP contribution in [-0.2, 0) is 0 Å². The van der Waals surface area contributed by atoms with Gasteiger partial charge in [-0.15, -0.1) is 11.3 Å². The minimum atomic E-state index is -0.0644. The Labute approximate surface area is 110 Å². The highest BCUT2D eigenvalue weighted by molar-refractivity contribution is 7.17. The van der Waals surface area contributed by atoms with Gasteiger partial charge < -0.3 is 10.4 Å². The van der Waals surface area contributed by atoms with Gasteiger partial charge in [0.15, 0.2) is 0 Å². The lowest BCUT2D eigenvalue weighted by molar-refractivity contribution is 0.0942. The van der Waals surface area contributed by atoms with Crippen molar-refractivity contribution < 1.29 is 9.90 Å². The minimum absolute atomic E-state index is 0.0644. The van der Waals surface area contributed by atoms with Gasteiger partial charge in [-0.25, -0.2) is 0 Å². The van der Waals surface area contributed by atoms with E-state index < -0.39 is 0 Å². The molecule has 1 amide bonds. The SMILES string of the molecule is O=C(NCC1CCCC1CO)c1ccc(Cl)s1. The van der Waals surface area contributed by atoms with E-state index >= 15 is 0 Å². The number of rotatable bonds is 4. The van der Waals surface area contributed by atoms with Crippen molar-refractivity contribution in [3.05, 3.63) is 21.3 Å². The van der Waals surface area contributed by atoms with E-state index in [0.29, 0.717) is 27.6 Å². The zero-order valence-electron chi connectivity index (χ0n) is 9.49. The largest absolute Gasteiger partial charge is 0.396 e. The Morgan fingerprint density at radius 2 is 2.24 bits per heavy atom. The third-order valence-electron chi connectivity index (χ3n) is 3.37. The summed E-state index contributed by atoms with van der Waals surface area (Å²) >= 11 is 7.07. The molecular formula is C12H16ClNO2S. The summed E-state index contributed by atoms with van der Waals surface area (Å²) < 4.78 is 0.629. The number of aliphatic hydroxyl groups excluding tert-OH is 1. The number of carbonyl (C=O) groups excluding carboxylic acids is 1. The lowest BCUT2D eigenvalue weighted by atomic mass is 9.97. The molecule has 2 atom stereocenters. The maximum absolute atomic E-state index is 11.8. The number of amides is 1. The van der Waals surface area contributed by atoms with Crippen LogP contribution in [0.25, 0.3) is 0 Å². The molecular weight excluding hydrogens is 258 g/mol. The summed E-state index contributed by atoms with van der Waals surface area (Å²) in [5.74, 6) is 0.701. The molecule has 0 aromatic carbocycles. The van der Waals surface area contributed by atoms with Crippen molar-refractivity contribution in [1.29, 1.82) is 0 Å². The molecule has 0 aliphatic heterocycles. The van der Waals surface area contributed by atoms with Gasteiger partial charge in [0, 0.05) is 13.2 Å². The first-order chi connectivity index (χ1) is 8.20. The highest BCUT2D eigenvalue weighted by Crippen LogP contribution is 2.30. The van der Waals surface area contributed by atoms with Crippen molar-refractivity contribution in [3.63, 3.8) is 0 Å². The maximum atomic E-state index is 11.8. The summed E-state index contributed by atoms with van der Waals surface area (Å²) in [6, 6.07) is 3.47. The van der Waals surface area contributed by atoms with Crippen LogP contribution in [0.5, 0.6) is 0 Å². The first kappa shape index (κ1) is 12.9. The Balaban J connectivity index is 1.84. The van der Waals surface area contributed by atoms with Gasteiger partial charge in [0.2, 0.25) is 0 Å². The summed E-state index contributed by atoms with van der Waals surface area (Å²) in [6.07, 6.45) is 3.31. The fourth-order valence-corrected chi connectivity index (χ4v) is 3.33. The third-order valence-corrected chi connectivity index (χ3v) is 4.60. The number of carbonyl (C=O) groups is 1. The van der Waals surface area contributed by atoms with Gasteiger partial charge in [-0.1, -0.05) is 18.0 Å². The van der Waals surface area contributed by atoms with Crippen LogP contribution in [0, 0.1) is 11.8 Å². The Morgan fingerprint density at radius 1 is 1.47 bits per heavy atom. The lowest BCUT2D eigenvalue weighted by Crippen LogP contribution is -2.31. The molecule has 3 nitrogen and oxygen atoms in total. The number of thiophene rings is 1. The molecule has 1 aliphatic rings. The zero-order chi connectivity index (χ0) is 12.3. The summed E-state index contributed by atoms with van der Waals surface area (Å²) in [5, 5.41) is 12.1. The highest BCUT2D eigenvalue weighted by Gasteiger charge is 2.26. The van der Waals surface area contributed by atoms with Crippen molar-refractivity contribution in [1.82, 2.24) is 5.32 Å². The second kappa shape index (κ2) is 5.85. The topological polar surface area (TPSA) is 49.3 Å². The molecule has 17 heavy (non-hydrogen) atoms. The Bertz CT molecular complexity index is 394. The molecule has 0 bridgehead atoms. The van der Waals surface area contributed by atoms with Crippen molar-refractivity contribution >= 4 is 28.8 Å². The maximum Gasteiger partial charge on any atom is 0.261 e. The molecule has 0 spiro atoms. The van der Waals surface area contributed by atoms with E-state index in [9.17, 15) is 9.90 Å². The molecule has 1 aromatic heterocycles. The Morgan fingerprint density at radius 3 is 2.88 bits per heavy atom. The van der Waals surface area contributed by atoms with Crippen molar-refractivity contribution in [2.45, 2.75) is 19.3 Å². The van der Waals surface area contributed by atoms with Crippen LogP contribution in [0.1, 0.15) is 28.9 Å². The van der Waals surface area contributed by atoms with Crippen molar-refractivity contribution in [3.8, 4) is 0 Å². The fraction of sp³-hybridized carbons (Fsp3) is 0.583. The van der Waals surface area contributed by atoms with Crippen LogP contribution in [-0.4, -0.2) is 24.2 Å². The lowest BCUT2D eigenvalue weighted by Gasteiger charge is -2.17. The quantitative estimate of drug-likeness (QED) is 0.886. The molecule has 1 heterocycles. The predicted molar refractivity (Wildman–Crippen MR) is 69.6 cm³/mol. The van der Waals surface area contributed by atoms with Crippen LogP contribution < -0.4 is 5.32 Å². The Kier molecular flexibility index (Phi) is 4.42. The minimum Gasteiger partial charge on any atom is -0.396 e. The highest BCUT2D eigenvalue weighted by atomic mass is 35.5. The van der Waals surface area contributed by atoms with Gasteiger partial charge in [0.05, 0.1) is 9.21 Å². The van der Waals surface area contributed by atoms with E-state index in [1.165, 1.54) is 11.3 Å². The summed E-state index contributed by atoms with van der Waals surface area (Å²) in [7, 11) is 0. The number of hydrogen-bond acceptors (Lipinski definition) is 3. The van der Waals surface area contributed by atoms with Crippen LogP contribution >= 0.6 is 22.9 Å². The van der Waals surface area contributed by atoms with Gasteiger partial charge in [0.1, 0.15) is 0 Å². The van der Waals surface area contributed by atoms with Gasteiger partial charge >= 0.3 is 0 Å².